The molecule has 0 aliphatic heterocycles. The van der Waals surface area contributed by atoms with Gasteiger partial charge in [-0.15, -0.1) is 0 Å². The summed E-state index contributed by atoms with van der Waals surface area (Å²) >= 11 is 0. The van der Waals surface area contributed by atoms with E-state index < -0.39 is 0 Å². The lowest BCUT2D eigenvalue weighted by Gasteiger charge is -2.16. The Balaban J connectivity index is 2.66. The molecular weight excluding hydrogens is 150 g/mol. The molecule has 1 aromatic rings. The molecule has 68 valence electrons. The molecular formula is C10H17NO. The zero-order valence-corrected chi connectivity index (χ0v) is 7.79. The first-order chi connectivity index (χ1) is 5.75. The van der Waals surface area contributed by atoms with Crippen LogP contribution in [0.2, 0.25) is 0 Å². The van der Waals surface area contributed by atoms with Gasteiger partial charge in [-0.3, -0.25) is 0 Å². The van der Waals surface area contributed by atoms with Gasteiger partial charge in [0.15, 0.2) is 0 Å². The Morgan fingerprint density at radius 3 is 2.67 bits per heavy atom. The number of hydrogen-bond donors (Lipinski definition) is 1. The van der Waals surface area contributed by atoms with Gasteiger partial charge in [0.2, 0.25) is 0 Å². The quantitative estimate of drug-likeness (QED) is 0.747. The molecule has 0 spiro atoms. The molecule has 1 heterocycles. The number of rotatable bonds is 4. The van der Waals surface area contributed by atoms with Gasteiger partial charge in [-0.1, -0.05) is 13.8 Å². The maximum Gasteiger partial charge on any atom is 0.107 e. The Morgan fingerprint density at radius 2 is 2.25 bits per heavy atom. The third-order valence-corrected chi connectivity index (χ3v) is 2.19. The van der Waals surface area contributed by atoms with E-state index in [1.54, 1.807) is 6.26 Å². The lowest BCUT2D eigenvalue weighted by atomic mass is 9.90. The molecule has 0 amide bonds. The van der Waals surface area contributed by atoms with Gasteiger partial charge in [-0.05, 0) is 31.0 Å². The van der Waals surface area contributed by atoms with Gasteiger partial charge >= 0.3 is 0 Å². The van der Waals surface area contributed by atoms with Gasteiger partial charge in [0.25, 0.3) is 0 Å². The van der Waals surface area contributed by atoms with Crippen molar-refractivity contribution in [3.8, 4) is 0 Å². The first kappa shape index (κ1) is 9.33. The zero-order chi connectivity index (χ0) is 8.97. The lowest BCUT2D eigenvalue weighted by Crippen LogP contribution is -2.11. The molecule has 0 fully saturated rings. The van der Waals surface area contributed by atoms with Crippen LogP contribution in [0.1, 0.15) is 31.9 Å². The van der Waals surface area contributed by atoms with Crippen molar-refractivity contribution in [3.05, 3.63) is 24.2 Å². The summed E-state index contributed by atoms with van der Waals surface area (Å²) in [6, 6.07) is 3.96. The Morgan fingerprint density at radius 1 is 1.50 bits per heavy atom. The molecule has 0 unspecified atom stereocenters. The topological polar surface area (TPSA) is 39.2 Å². The normalized spacial score (nSPS) is 13.7. The zero-order valence-electron chi connectivity index (χ0n) is 7.79. The minimum atomic E-state index is 0.477. The van der Waals surface area contributed by atoms with Crippen molar-refractivity contribution < 1.29 is 4.42 Å². The standard InChI is InChI=1S/C10H17NO/c1-8(2)9(5-6-11)10-4-3-7-12-10/h3-4,7-9H,5-6,11H2,1-2H3/t9-/m0/s1. The maximum absolute atomic E-state index is 5.53. The molecule has 1 atom stereocenters. The molecule has 12 heavy (non-hydrogen) atoms. The molecule has 1 aromatic heterocycles. The van der Waals surface area contributed by atoms with E-state index in [4.69, 9.17) is 10.2 Å². The van der Waals surface area contributed by atoms with Crippen molar-refractivity contribution in [1.29, 1.82) is 0 Å². The van der Waals surface area contributed by atoms with Gasteiger partial charge in [0.05, 0.1) is 6.26 Å². The summed E-state index contributed by atoms with van der Waals surface area (Å²) in [5, 5.41) is 0. The largest absolute Gasteiger partial charge is 0.469 e. The summed E-state index contributed by atoms with van der Waals surface area (Å²) in [6.07, 6.45) is 2.73. The van der Waals surface area contributed by atoms with Gasteiger partial charge in [-0.2, -0.15) is 0 Å². The molecule has 2 nitrogen and oxygen atoms in total. The minimum absolute atomic E-state index is 0.477. The number of furan rings is 1. The number of hydrogen-bond acceptors (Lipinski definition) is 2. The molecule has 0 aliphatic rings. The van der Waals surface area contributed by atoms with E-state index in [-0.39, 0.29) is 0 Å². The van der Waals surface area contributed by atoms with Crippen LogP contribution < -0.4 is 5.73 Å². The Kier molecular flexibility index (Phi) is 3.35. The highest BCUT2D eigenvalue weighted by Gasteiger charge is 2.16. The van der Waals surface area contributed by atoms with E-state index in [0.717, 1.165) is 18.7 Å². The van der Waals surface area contributed by atoms with Crippen LogP contribution in [0, 0.1) is 5.92 Å². The van der Waals surface area contributed by atoms with Gasteiger partial charge in [0, 0.05) is 5.92 Å². The monoisotopic (exact) mass is 167 g/mol. The maximum atomic E-state index is 5.53. The Bertz CT molecular complexity index is 204. The lowest BCUT2D eigenvalue weighted by molar-refractivity contribution is 0.381. The predicted octanol–water partition coefficient (Wildman–Crippen LogP) is 2.37. The van der Waals surface area contributed by atoms with Gasteiger partial charge in [-0.25, -0.2) is 0 Å². The van der Waals surface area contributed by atoms with Crippen LogP contribution >= 0.6 is 0 Å². The van der Waals surface area contributed by atoms with Crippen LogP contribution in [0.5, 0.6) is 0 Å². The second-order valence-electron chi connectivity index (χ2n) is 3.44. The van der Waals surface area contributed by atoms with E-state index in [2.05, 4.69) is 13.8 Å². The summed E-state index contributed by atoms with van der Waals surface area (Å²) in [5.74, 6) is 2.14. The van der Waals surface area contributed by atoms with Crippen LogP contribution in [0.3, 0.4) is 0 Å². The second-order valence-corrected chi connectivity index (χ2v) is 3.44. The molecule has 0 aromatic carbocycles. The summed E-state index contributed by atoms with van der Waals surface area (Å²) in [5.41, 5.74) is 5.53. The van der Waals surface area contributed by atoms with Gasteiger partial charge in [0.1, 0.15) is 5.76 Å². The van der Waals surface area contributed by atoms with Crippen LogP contribution in [0.4, 0.5) is 0 Å². The fourth-order valence-corrected chi connectivity index (χ4v) is 1.49. The Labute approximate surface area is 73.8 Å². The molecule has 1 rings (SSSR count). The highest BCUT2D eigenvalue weighted by Crippen LogP contribution is 2.27. The summed E-state index contributed by atoms with van der Waals surface area (Å²) in [7, 11) is 0. The van der Waals surface area contributed by atoms with Crippen LogP contribution in [0.25, 0.3) is 0 Å². The molecule has 0 saturated heterocycles. The van der Waals surface area contributed by atoms with E-state index in [1.165, 1.54) is 0 Å². The highest BCUT2D eigenvalue weighted by molar-refractivity contribution is 5.06. The van der Waals surface area contributed by atoms with Crippen molar-refractivity contribution in [1.82, 2.24) is 0 Å². The van der Waals surface area contributed by atoms with E-state index in [9.17, 15) is 0 Å². The summed E-state index contributed by atoms with van der Waals surface area (Å²) < 4.78 is 5.35. The van der Waals surface area contributed by atoms with E-state index >= 15 is 0 Å². The van der Waals surface area contributed by atoms with Crippen LogP contribution in [0.15, 0.2) is 22.8 Å². The Hall–Kier alpha value is -0.760. The van der Waals surface area contributed by atoms with Crippen molar-refractivity contribution in [3.63, 3.8) is 0 Å². The SMILES string of the molecule is CC(C)[C@H](CCN)c1ccco1. The average Bonchev–Trinajstić information content (AvgIpc) is 2.51. The summed E-state index contributed by atoms with van der Waals surface area (Å²) in [4.78, 5) is 0. The van der Waals surface area contributed by atoms with Gasteiger partial charge < -0.3 is 10.2 Å². The molecule has 0 saturated carbocycles. The highest BCUT2D eigenvalue weighted by atomic mass is 16.3. The third kappa shape index (κ3) is 2.11. The summed E-state index contributed by atoms with van der Waals surface area (Å²) in [6.45, 7) is 5.12. The van der Waals surface area contributed by atoms with Crippen molar-refractivity contribution in [2.75, 3.05) is 6.54 Å². The minimum Gasteiger partial charge on any atom is -0.469 e. The van der Waals surface area contributed by atoms with E-state index in [0.29, 0.717) is 11.8 Å². The van der Waals surface area contributed by atoms with Crippen molar-refractivity contribution in [2.24, 2.45) is 11.7 Å². The van der Waals surface area contributed by atoms with E-state index in [1.807, 2.05) is 12.1 Å². The molecule has 0 bridgehead atoms. The first-order valence-corrected chi connectivity index (χ1v) is 4.49. The third-order valence-electron chi connectivity index (χ3n) is 2.19. The fourth-order valence-electron chi connectivity index (χ4n) is 1.49. The number of nitrogens with two attached hydrogens (primary N) is 1. The smallest absolute Gasteiger partial charge is 0.107 e. The van der Waals surface area contributed by atoms with Crippen LogP contribution in [-0.2, 0) is 0 Å². The fraction of sp³-hybridized carbons (Fsp3) is 0.600. The molecule has 0 radical (unpaired) electrons. The molecule has 2 N–H and O–H groups in total. The van der Waals surface area contributed by atoms with Crippen LogP contribution in [-0.4, -0.2) is 6.54 Å². The average molecular weight is 167 g/mol. The molecule has 2 heteroatoms. The van der Waals surface area contributed by atoms with Crippen molar-refractivity contribution in [2.45, 2.75) is 26.2 Å². The predicted molar refractivity (Wildman–Crippen MR) is 50.0 cm³/mol. The molecule has 0 aliphatic carbocycles. The van der Waals surface area contributed by atoms with Crippen molar-refractivity contribution >= 4 is 0 Å². The first-order valence-electron chi connectivity index (χ1n) is 4.49. The second kappa shape index (κ2) is 4.31.